The van der Waals surface area contributed by atoms with E-state index in [4.69, 9.17) is 4.74 Å². The van der Waals surface area contributed by atoms with Crippen LogP contribution in [0.3, 0.4) is 0 Å². The van der Waals surface area contributed by atoms with Crippen LogP contribution in [0.15, 0.2) is 18.2 Å². The number of halogens is 3. The summed E-state index contributed by atoms with van der Waals surface area (Å²) in [6, 6.07) is 5.68. The van der Waals surface area contributed by atoms with Crippen molar-refractivity contribution in [3.8, 4) is 0 Å². The minimum Gasteiger partial charge on any atom is -0.381 e. The van der Waals surface area contributed by atoms with Gasteiger partial charge >= 0.3 is 6.18 Å². The van der Waals surface area contributed by atoms with Gasteiger partial charge in [0, 0.05) is 50.6 Å². The number of alkyl halides is 3. The number of rotatable bonds is 3. The topological polar surface area (TPSA) is 36.0 Å². The zero-order valence-corrected chi connectivity index (χ0v) is 20.1. The highest BCUT2D eigenvalue weighted by Crippen LogP contribution is 2.46. The van der Waals surface area contributed by atoms with E-state index in [0.29, 0.717) is 56.8 Å². The predicted octanol–water partition coefficient (Wildman–Crippen LogP) is 5.08. The molecule has 0 bridgehead atoms. The number of ether oxygens (including phenoxy) is 1. The van der Waals surface area contributed by atoms with Crippen molar-refractivity contribution in [2.45, 2.75) is 76.6 Å². The molecular weight excluding hydrogens is 443 g/mol. The molecule has 188 valence electrons. The van der Waals surface area contributed by atoms with Crippen LogP contribution in [-0.4, -0.2) is 62.3 Å². The van der Waals surface area contributed by atoms with Crippen LogP contribution in [0.2, 0.25) is 0 Å². The number of likely N-dealkylation sites (tertiary alicyclic amines) is 1. The van der Waals surface area contributed by atoms with Crippen molar-refractivity contribution in [2.24, 2.45) is 5.41 Å². The number of anilines is 2. The molecule has 5 nitrogen and oxygen atoms in total. The third-order valence-corrected chi connectivity index (χ3v) is 8.69. The van der Waals surface area contributed by atoms with Gasteiger partial charge in [0.05, 0.1) is 16.7 Å². The second-order valence-corrected chi connectivity index (χ2v) is 10.6. The summed E-state index contributed by atoms with van der Waals surface area (Å²) >= 11 is 0. The third-order valence-electron chi connectivity index (χ3n) is 8.69. The summed E-state index contributed by atoms with van der Waals surface area (Å²) < 4.78 is 47.9. The molecule has 4 fully saturated rings. The molecule has 0 aliphatic carbocycles. The monoisotopic (exact) mass is 479 g/mol. The molecule has 0 unspecified atom stereocenters. The number of hydrogen-bond donors (Lipinski definition) is 0. The highest BCUT2D eigenvalue weighted by atomic mass is 19.4. The van der Waals surface area contributed by atoms with Gasteiger partial charge in [-0.1, -0.05) is 6.42 Å². The Morgan fingerprint density at radius 2 is 1.71 bits per heavy atom. The number of nitrogens with zero attached hydrogens (tertiary/aromatic N) is 3. The van der Waals surface area contributed by atoms with Crippen LogP contribution >= 0.6 is 0 Å². The number of hydrogen-bond acceptors (Lipinski definition) is 4. The molecule has 34 heavy (non-hydrogen) atoms. The van der Waals surface area contributed by atoms with Crippen molar-refractivity contribution < 1.29 is 22.7 Å². The number of piperidine rings is 2. The molecule has 1 aromatic rings. The highest BCUT2D eigenvalue weighted by Gasteiger charge is 2.49. The van der Waals surface area contributed by atoms with Crippen LogP contribution in [-0.2, 0) is 15.7 Å². The Morgan fingerprint density at radius 1 is 0.971 bits per heavy atom. The summed E-state index contributed by atoms with van der Waals surface area (Å²) in [5.74, 6) is -0.175. The first-order valence-electron chi connectivity index (χ1n) is 12.9. The summed E-state index contributed by atoms with van der Waals surface area (Å²) in [5, 5.41) is 0. The van der Waals surface area contributed by atoms with E-state index >= 15 is 0 Å². The van der Waals surface area contributed by atoms with Crippen molar-refractivity contribution >= 4 is 17.3 Å². The number of carbonyl (C=O) groups excluding carboxylic acids is 1. The molecule has 1 amide bonds. The van der Waals surface area contributed by atoms with E-state index in [1.165, 1.54) is 36.3 Å². The van der Waals surface area contributed by atoms with Crippen molar-refractivity contribution in [1.29, 1.82) is 0 Å². The molecule has 1 atom stereocenters. The zero-order valence-electron chi connectivity index (χ0n) is 20.1. The maximum Gasteiger partial charge on any atom is 0.418 e. The van der Waals surface area contributed by atoms with E-state index < -0.39 is 17.2 Å². The van der Waals surface area contributed by atoms with Crippen molar-refractivity contribution in [3.05, 3.63) is 23.8 Å². The normalized spacial score (nSPS) is 27.1. The summed E-state index contributed by atoms with van der Waals surface area (Å²) in [7, 11) is 0. The summed E-state index contributed by atoms with van der Waals surface area (Å²) in [5.41, 5.74) is -0.655. The number of carbonyl (C=O) groups is 1. The van der Waals surface area contributed by atoms with Gasteiger partial charge in [0.2, 0.25) is 5.91 Å². The number of amides is 1. The van der Waals surface area contributed by atoms with E-state index in [1.54, 1.807) is 6.07 Å². The van der Waals surface area contributed by atoms with Gasteiger partial charge in [-0.15, -0.1) is 0 Å². The van der Waals surface area contributed by atoms with Crippen LogP contribution < -0.4 is 9.80 Å². The first-order valence-corrected chi connectivity index (χ1v) is 12.9. The molecule has 4 aliphatic heterocycles. The lowest BCUT2D eigenvalue weighted by molar-refractivity contribution is -0.137. The average Bonchev–Trinajstić information content (AvgIpc) is 3.14. The summed E-state index contributed by atoms with van der Waals surface area (Å²) in [4.78, 5) is 19.3. The molecule has 0 N–H and O–H groups in total. The standard InChI is InChI=1S/C26H36F3N3O2/c1-19-4-2-3-12-31(19)20-7-13-30(14-8-20)21-5-6-23(22(18-21)26(27,28)29)32-15-9-25(24(32)33)10-16-34-17-11-25/h5-6,18-20H,2-4,7-17H2,1H3/t19-/m0/s1. The first-order chi connectivity index (χ1) is 16.3. The van der Waals surface area contributed by atoms with E-state index in [1.807, 2.05) is 0 Å². The number of benzene rings is 1. The molecule has 4 aliphatic rings. The Balaban J connectivity index is 1.33. The van der Waals surface area contributed by atoms with Crippen molar-refractivity contribution in [3.63, 3.8) is 0 Å². The van der Waals surface area contributed by atoms with Gasteiger partial charge in [0.25, 0.3) is 0 Å². The van der Waals surface area contributed by atoms with Gasteiger partial charge in [0.1, 0.15) is 0 Å². The van der Waals surface area contributed by atoms with Gasteiger partial charge in [-0.2, -0.15) is 13.2 Å². The zero-order chi connectivity index (χ0) is 23.9. The first kappa shape index (κ1) is 23.9. The smallest absolute Gasteiger partial charge is 0.381 e. The minimum atomic E-state index is -4.52. The largest absolute Gasteiger partial charge is 0.418 e. The molecule has 4 heterocycles. The van der Waals surface area contributed by atoms with E-state index in [0.717, 1.165) is 32.5 Å². The molecular formula is C26H36F3N3O2. The maximum absolute atomic E-state index is 14.2. The Kier molecular flexibility index (Phi) is 6.57. The second kappa shape index (κ2) is 9.34. The second-order valence-electron chi connectivity index (χ2n) is 10.6. The van der Waals surface area contributed by atoms with Gasteiger partial charge in [0.15, 0.2) is 0 Å². The quantitative estimate of drug-likeness (QED) is 0.606. The molecule has 5 rings (SSSR count). The maximum atomic E-state index is 14.2. The lowest BCUT2D eigenvalue weighted by Crippen LogP contribution is -2.50. The average molecular weight is 480 g/mol. The Hall–Kier alpha value is -1.80. The molecule has 1 aromatic carbocycles. The van der Waals surface area contributed by atoms with Gasteiger partial charge in [-0.3, -0.25) is 9.69 Å². The molecule has 4 saturated heterocycles. The lowest BCUT2D eigenvalue weighted by atomic mass is 9.79. The molecule has 8 heteroatoms. The van der Waals surface area contributed by atoms with Gasteiger partial charge in [-0.25, -0.2) is 0 Å². The van der Waals surface area contributed by atoms with Crippen LogP contribution in [0.4, 0.5) is 24.5 Å². The Morgan fingerprint density at radius 3 is 2.38 bits per heavy atom. The summed E-state index contributed by atoms with van der Waals surface area (Å²) in [6.45, 7) is 6.28. The lowest BCUT2D eigenvalue weighted by Gasteiger charge is -2.44. The molecule has 0 radical (unpaired) electrons. The Labute approximate surface area is 200 Å². The van der Waals surface area contributed by atoms with E-state index in [-0.39, 0.29) is 11.6 Å². The predicted molar refractivity (Wildman–Crippen MR) is 126 cm³/mol. The highest BCUT2D eigenvalue weighted by molar-refractivity contribution is 6.00. The fraction of sp³-hybridized carbons (Fsp3) is 0.731. The molecule has 0 saturated carbocycles. The van der Waals surface area contributed by atoms with Crippen molar-refractivity contribution in [1.82, 2.24) is 4.90 Å². The SMILES string of the molecule is C[C@H]1CCCCN1C1CCN(c2ccc(N3CCC4(CCOCC4)C3=O)c(C(F)(F)F)c2)CC1. The Bertz CT molecular complexity index is 892. The molecule has 0 aromatic heterocycles. The van der Waals surface area contributed by atoms with Crippen LogP contribution in [0.25, 0.3) is 0 Å². The fourth-order valence-corrected chi connectivity index (χ4v) is 6.58. The van der Waals surface area contributed by atoms with E-state index in [9.17, 15) is 18.0 Å². The third kappa shape index (κ3) is 4.43. The van der Waals surface area contributed by atoms with Crippen LogP contribution in [0, 0.1) is 5.41 Å². The fourth-order valence-electron chi connectivity index (χ4n) is 6.58. The summed E-state index contributed by atoms with van der Waals surface area (Å²) in [6.07, 6.45) is 2.97. The molecule has 1 spiro atoms. The van der Waals surface area contributed by atoms with Gasteiger partial charge < -0.3 is 14.5 Å². The minimum absolute atomic E-state index is 0.00152. The van der Waals surface area contributed by atoms with Gasteiger partial charge in [-0.05, 0) is 76.6 Å². The van der Waals surface area contributed by atoms with Crippen LogP contribution in [0.1, 0.15) is 63.9 Å². The van der Waals surface area contributed by atoms with Crippen LogP contribution in [0.5, 0.6) is 0 Å². The van der Waals surface area contributed by atoms with Crippen molar-refractivity contribution in [2.75, 3.05) is 49.2 Å². The van der Waals surface area contributed by atoms with E-state index in [2.05, 4.69) is 16.7 Å².